The molecule has 5 heteroatoms. The number of nitrogens with one attached hydrogen (secondary N) is 1. The molecule has 21 heavy (non-hydrogen) atoms. The van der Waals surface area contributed by atoms with Gasteiger partial charge in [0, 0.05) is 22.8 Å². The van der Waals surface area contributed by atoms with Gasteiger partial charge in [-0.2, -0.15) is 0 Å². The number of nitrogens with two attached hydrogens (primary N) is 1. The molecule has 3 N–H and O–H groups in total. The Morgan fingerprint density at radius 3 is 2.38 bits per heavy atom. The molecule has 114 valence electrons. The molecule has 0 saturated carbocycles. The molecule has 1 aromatic heterocycles. The third-order valence-electron chi connectivity index (χ3n) is 4.11. The highest BCUT2D eigenvalue weighted by Crippen LogP contribution is 2.30. The Kier molecular flexibility index (Phi) is 4.76. The fraction of sp³-hybridized carbons (Fsp3) is 0.438. The van der Waals surface area contributed by atoms with Crippen LogP contribution in [0.5, 0.6) is 0 Å². The largest absolute Gasteiger partial charge is 0.271 e. The van der Waals surface area contributed by atoms with Gasteiger partial charge in [0.1, 0.15) is 5.82 Å². The Labute approximate surface area is 129 Å². The van der Waals surface area contributed by atoms with E-state index in [-0.39, 0.29) is 17.3 Å². The van der Waals surface area contributed by atoms with E-state index in [0.717, 1.165) is 22.7 Å². The topological polar surface area (TPSA) is 50.9 Å². The Morgan fingerprint density at radius 2 is 1.90 bits per heavy atom. The van der Waals surface area contributed by atoms with Crippen LogP contribution in [0.3, 0.4) is 0 Å². The van der Waals surface area contributed by atoms with Crippen molar-refractivity contribution in [3.05, 3.63) is 51.2 Å². The van der Waals surface area contributed by atoms with E-state index in [0.29, 0.717) is 0 Å². The molecule has 0 radical (unpaired) electrons. The van der Waals surface area contributed by atoms with Crippen LogP contribution in [-0.4, -0.2) is 11.0 Å². The first-order chi connectivity index (χ1) is 9.84. The van der Waals surface area contributed by atoms with E-state index in [9.17, 15) is 4.39 Å². The lowest BCUT2D eigenvalue weighted by atomic mass is 9.77. The molecule has 0 fully saturated rings. The van der Waals surface area contributed by atoms with Crippen molar-refractivity contribution in [2.24, 2.45) is 5.84 Å². The zero-order valence-electron chi connectivity index (χ0n) is 12.9. The molecular weight excluding hydrogens is 285 g/mol. The van der Waals surface area contributed by atoms with Gasteiger partial charge in [-0.1, -0.05) is 26.0 Å². The average Bonchev–Trinajstić information content (AvgIpc) is 2.75. The van der Waals surface area contributed by atoms with E-state index >= 15 is 0 Å². The number of aromatic nitrogens is 1. The predicted octanol–water partition coefficient (Wildman–Crippen LogP) is 3.25. The standard InChI is InChI=1S/C16H22FN3S/c1-10-11(2)21-15(19-10)9-14(20-18)16(3,4)12-5-7-13(17)8-6-12/h5-8,14,20H,9,18H2,1-4H3. The first-order valence-electron chi connectivity index (χ1n) is 6.99. The van der Waals surface area contributed by atoms with Crippen LogP contribution in [0.4, 0.5) is 4.39 Å². The molecule has 0 spiro atoms. The first kappa shape index (κ1) is 16.1. The third kappa shape index (κ3) is 3.48. The van der Waals surface area contributed by atoms with E-state index in [2.05, 4.69) is 31.2 Å². The van der Waals surface area contributed by atoms with Crippen LogP contribution in [-0.2, 0) is 11.8 Å². The number of thiazole rings is 1. The predicted molar refractivity (Wildman–Crippen MR) is 85.8 cm³/mol. The molecule has 0 aliphatic rings. The zero-order valence-corrected chi connectivity index (χ0v) is 13.7. The number of hydrogen-bond acceptors (Lipinski definition) is 4. The number of halogens is 1. The maximum atomic E-state index is 13.1. The van der Waals surface area contributed by atoms with Gasteiger partial charge in [-0.15, -0.1) is 11.3 Å². The molecule has 2 aromatic rings. The van der Waals surface area contributed by atoms with E-state index in [1.54, 1.807) is 11.3 Å². The van der Waals surface area contributed by atoms with Crippen molar-refractivity contribution in [2.45, 2.75) is 45.6 Å². The lowest BCUT2D eigenvalue weighted by molar-refractivity contribution is 0.341. The molecule has 1 aromatic carbocycles. The van der Waals surface area contributed by atoms with Gasteiger partial charge in [0.05, 0.1) is 10.7 Å². The summed E-state index contributed by atoms with van der Waals surface area (Å²) in [5, 5.41) is 1.07. The summed E-state index contributed by atoms with van der Waals surface area (Å²) in [5.41, 5.74) is 4.81. The quantitative estimate of drug-likeness (QED) is 0.658. The van der Waals surface area contributed by atoms with Crippen LogP contribution >= 0.6 is 11.3 Å². The van der Waals surface area contributed by atoms with Crippen LogP contribution in [0.25, 0.3) is 0 Å². The van der Waals surface area contributed by atoms with Gasteiger partial charge in [0.2, 0.25) is 0 Å². The molecule has 1 atom stereocenters. The lowest BCUT2D eigenvalue weighted by Gasteiger charge is -2.34. The van der Waals surface area contributed by atoms with Crippen molar-refractivity contribution >= 4 is 11.3 Å². The van der Waals surface area contributed by atoms with Crippen LogP contribution < -0.4 is 11.3 Å². The summed E-state index contributed by atoms with van der Waals surface area (Å²) in [7, 11) is 0. The molecule has 2 rings (SSSR count). The molecule has 0 bridgehead atoms. The van der Waals surface area contributed by atoms with Crippen molar-refractivity contribution < 1.29 is 4.39 Å². The van der Waals surface area contributed by atoms with Crippen molar-refractivity contribution in [1.29, 1.82) is 0 Å². The van der Waals surface area contributed by atoms with E-state index in [1.807, 2.05) is 19.1 Å². The summed E-state index contributed by atoms with van der Waals surface area (Å²) in [6, 6.07) is 6.63. The van der Waals surface area contributed by atoms with Crippen molar-refractivity contribution in [3.63, 3.8) is 0 Å². The second kappa shape index (κ2) is 6.22. The van der Waals surface area contributed by atoms with Gasteiger partial charge in [0.15, 0.2) is 0 Å². The zero-order chi connectivity index (χ0) is 15.6. The number of aryl methyl sites for hydroxylation is 2. The summed E-state index contributed by atoms with van der Waals surface area (Å²) < 4.78 is 13.1. The SMILES string of the molecule is Cc1nc(CC(NN)C(C)(C)c2ccc(F)cc2)sc1C. The summed E-state index contributed by atoms with van der Waals surface area (Å²) in [5.74, 6) is 5.55. The van der Waals surface area contributed by atoms with Crippen molar-refractivity contribution in [3.8, 4) is 0 Å². The second-order valence-electron chi connectivity index (χ2n) is 5.90. The molecule has 0 amide bonds. The van der Waals surface area contributed by atoms with Gasteiger partial charge in [0.25, 0.3) is 0 Å². The molecule has 1 unspecified atom stereocenters. The Balaban J connectivity index is 2.24. The highest BCUT2D eigenvalue weighted by Gasteiger charge is 2.31. The van der Waals surface area contributed by atoms with E-state index in [1.165, 1.54) is 17.0 Å². The maximum absolute atomic E-state index is 13.1. The summed E-state index contributed by atoms with van der Waals surface area (Å²) in [6.45, 7) is 8.31. The smallest absolute Gasteiger partial charge is 0.123 e. The van der Waals surface area contributed by atoms with Gasteiger partial charge in [-0.25, -0.2) is 9.37 Å². The van der Waals surface area contributed by atoms with E-state index in [4.69, 9.17) is 5.84 Å². The number of nitrogens with zero attached hydrogens (tertiary/aromatic N) is 1. The molecule has 3 nitrogen and oxygen atoms in total. The van der Waals surface area contributed by atoms with Crippen LogP contribution in [0, 0.1) is 19.7 Å². The van der Waals surface area contributed by atoms with Gasteiger partial charge in [-0.3, -0.25) is 11.3 Å². The molecule has 0 saturated heterocycles. The number of hydrazine groups is 1. The van der Waals surface area contributed by atoms with Crippen LogP contribution in [0.1, 0.15) is 35.0 Å². The van der Waals surface area contributed by atoms with Gasteiger partial charge >= 0.3 is 0 Å². The van der Waals surface area contributed by atoms with Crippen LogP contribution in [0.2, 0.25) is 0 Å². The molecule has 1 heterocycles. The summed E-state index contributed by atoms with van der Waals surface area (Å²) >= 11 is 1.71. The Hall–Kier alpha value is -1.30. The Morgan fingerprint density at radius 1 is 1.29 bits per heavy atom. The molecule has 0 aliphatic heterocycles. The highest BCUT2D eigenvalue weighted by atomic mass is 32.1. The summed E-state index contributed by atoms with van der Waals surface area (Å²) in [4.78, 5) is 5.82. The summed E-state index contributed by atoms with van der Waals surface area (Å²) in [6.07, 6.45) is 0.750. The fourth-order valence-electron chi connectivity index (χ4n) is 2.40. The van der Waals surface area contributed by atoms with Crippen molar-refractivity contribution in [2.75, 3.05) is 0 Å². The minimum absolute atomic E-state index is 0.0212. The average molecular weight is 307 g/mol. The number of rotatable bonds is 5. The second-order valence-corrected chi connectivity index (χ2v) is 7.19. The monoisotopic (exact) mass is 307 g/mol. The number of benzene rings is 1. The van der Waals surface area contributed by atoms with Gasteiger partial charge < -0.3 is 0 Å². The third-order valence-corrected chi connectivity index (χ3v) is 5.21. The highest BCUT2D eigenvalue weighted by molar-refractivity contribution is 7.11. The molecular formula is C16H22FN3S. The van der Waals surface area contributed by atoms with Crippen molar-refractivity contribution in [1.82, 2.24) is 10.4 Å². The first-order valence-corrected chi connectivity index (χ1v) is 7.81. The fourth-order valence-corrected chi connectivity index (χ4v) is 3.38. The lowest BCUT2D eigenvalue weighted by Crippen LogP contribution is -2.49. The normalized spacial score (nSPS) is 13.4. The van der Waals surface area contributed by atoms with E-state index < -0.39 is 0 Å². The minimum Gasteiger partial charge on any atom is -0.271 e. The Bertz CT molecular complexity index is 585. The molecule has 0 aliphatic carbocycles. The number of hydrogen-bond donors (Lipinski definition) is 2. The van der Waals surface area contributed by atoms with Crippen LogP contribution in [0.15, 0.2) is 24.3 Å². The minimum atomic E-state index is -0.226. The maximum Gasteiger partial charge on any atom is 0.123 e. The van der Waals surface area contributed by atoms with Gasteiger partial charge in [-0.05, 0) is 31.5 Å².